The van der Waals surface area contributed by atoms with Crippen LogP contribution in [0.3, 0.4) is 0 Å². The number of likely N-dealkylation sites (N-methyl/N-ethyl adjacent to an activating group) is 1. The highest BCUT2D eigenvalue weighted by Crippen LogP contribution is 2.24. The van der Waals surface area contributed by atoms with Crippen LogP contribution in [0.4, 0.5) is 0 Å². The van der Waals surface area contributed by atoms with Crippen molar-refractivity contribution in [2.75, 3.05) is 33.2 Å². The van der Waals surface area contributed by atoms with Crippen LogP contribution in [0, 0.1) is 5.92 Å². The number of piperidine rings is 1. The molecule has 0 aromatic rings. The Morgan fingerprint density at radius 3 is 2.74 bits per heavy atom. The lowest BCUT2D eigenvalue weighted by atomic mass is 9.94. The van der Waals surface area contributed by atoms with Crippen LogP contribution in [-0.4, -0.2) is 61.2 Å². The van der Waals surface area contributed by atoms with Gasteiger partial charge >= 0.3 is 0 Å². The number of hydrogen-bond donors (Lipinski definition) is 1. The van der Waals surface area contributed by atoms with Crippen LogP contribution < -0.4 is 5.32 Å². The second-order valence-electron chi connectivity index (χ2n) is 6.73. The van der Waals surface area contributed by atoms with E-state index in [1.807, 2.05) is 0 Å². The molecule has 4 unspecified atom stereocenters. The number of piperazine rings is 1. The molecule has 19 heavy (non-hydrogen) atoms. The van der Waals surface area contributed by atoms with E-state index in [4.69, 9.17) is 0 Å². The van der Waals surface area contributed by atoms with Gasteiger partial charge in [-0.25, -0.2) is 0 Å². The summed E-state index contributed by atoms with van der Waals surface area (Å²) in [5.41, 5.74) is 0. The molecule has 0 radical (unpaired) electrons. The standard InChI is InChI=1S/C16H33N3/c1-5-13(2)16(17-4)12-19-11-15-8-6-7-9-18(15)10-14(19)3/h13-17H,5-12H2,1-4H3. The molecule has 112 valence electrons. The van der Waals surface area contributed by atoms with Gasteiger partial charge in [0, 0.05) is 37.8 Å². The van der Waals surface area contributed by atoms with Gasteiger partial charge in [-0.3, -0.25) is 9.80 Å². The van der Waals surface area contributed by atoms with Crippen LogP contribution in [0.5, 0.6) is 0 Å². The molecule has 0 spiro atoms. The Morgan fingerprint density at radius 1 is 1.26 bits per heavy atom. The summed E-state index contributed by atoms with van der Waals surface area (Å²) in [4.78, 5) is 5.47. The molecule has 4 atom stereocenters. The van der Waals surface area contributed by atoms with Gasteiger partial charge in [-0.15, -0.1) is 0 Å². The average Bonchev–Trinajstić information content (AvgIpc) is 2.44. The first-order valence-corrected chi connectivity index (χ1v) is 8.31. The van der Waals surface area contributed by atoms with E-state index in [-0.39, 0.29) is 0 Å². The first kappa shape index (κ1) is 15.3. The van der Waals surface area contributed by atoms with Crippen molar-refractivity contribution in [3.63, 3.8) is 0 Å². The predicted molar refractivity (Wildman–Crippen MR) is 82.5 cm³/mol. The minimum Gasteiger partial charge on any atom is -0.315 e. The van der Waals surface area contributed by atoms with Crippen molar-refractivity contribution in [1.29, 1.82) is 0 Å². The second kappa shape index (κ2) is 7.05. The van der Waals surface area contributed by atoms with Crippen LogP contribution in [0.1, 0.15) is 46.5 Å². The van der Waals surface area contributed by atoms with E-state index in [1.54, 1.807) is 0 Å². The minimum atomic E-state index is 0.641. The molecule has 0 saturated carbocycles. The Kier molecular flexibility index (Phi) is 5.67. The van der Waals surface area contributed by atoms with Gasteiger partial charge in [0.25, 0.3) is 0 Å². The largest absolute Gasteiger partial charge is 0.315 e. The smallest absolute Gasteiger partial charge is 0.0223 e. The molecule has 2 fully saturated rings. The lowest BCUT2D eigenvalue weighted by Crippen LogP contribution is -2.60. The molecular weight excluding hydrogens is 234 g/mol. The molecule has 2 aliphatic heterocycles. The topological polar surface area (TPSA) is 18.5 Å². The monoisotopic (exact) mass is 267 g/mol. The first-order valence-electron chi connectivity index (χ1n) is 8.31. The Balaban J connectivity index is 1.92. The summed E-state index contributed by atoms with van der Waals surface area (Å²) in [7, 11) is 2.12. The highest BCUT2D eigenvalue weighted by atomic mass is 15.3. The maximum absolute atomic E-state index is 3.54. The maximum Gasteiger partial charge on any atom is 0.0223 e. The van der Waals surface area contributed by atoms with Crippen molar-refractivity contribution >= 4 is 0 Å². The normalized spacial score (nSPS) is 32.8. The first-order chi connectivity index (χ1) is 9.15. The fourth-order valence-corrected chi connectivity index (χ4v) is 3.76. The number of hydrogen-bond acceptors (Lipinski definition) is 3. The zero-order valence-corrected chi connectivity index (χ0v) is 13.4. The fraction of sp³-hybridized carbons (Fsp3) is 1.00. The number of fused-ring (bicyclic) bond motifs is 1. The number of rotatable bonds is 5. The van der Waals surface area contributed by atoms with Crippen LogP contribution in [0.2, 0.25) is 0 Å². The van der Waals surface area contributed by atoms with Crippen molar-refractivity contribution in [2.24, 2.45) is 5.92 Å². The molecule has 0 amide bonds. The quantitative estimate of drug-likeness (QED) is 0.824. The molecule has 3 heteroatoms. The van der Waals surface area contributed by atoms with Crippen LogP contribution in [-0.2, 0) is 0 Å². The summed E-state index contributed by atoms with van der Waals surface area (Å²) in [6.07, 6.45) is 5.53. The molecule has 3 nitrogen and oxygen atoms in total. The average molecular weight is 267 g/mol. The zero-order chi connectivity index (χ0) is 13.8. The van der Waals surface area contributed by atoms with E-state index in [9.17, 15) is 0 Å². The summed E-state index contributed by atoms with van der Waals surface area (Å²) in [5.74, 6) is 0.765. The van der Waals surface area contributed by atoms with Gasteiger partial charge in [0.1, 0.15) is 0 Å². The highest BCUT2D eigenvalue weighted by molar-refractivity contribution is 4.91. The van der Waals surface area contributed by atoms with Gasteiger partial charge < -0.3 is 5.32 Å². The lowest BCUT2D eigenvalue weighted by Gasteiger charge is -2.48. The summed E-state index contributed by atoms with van der Waals surface area (Å²) < 4.78 is 0. The van der Waals surface area contributed by atoms with Gasteiger partial charge in [-0.1, -0.05) is 26.7 Å². The van der Waals surface area contributed by atoms with Gasteiger partial charge in [0.15, 0.2) is 0 Å². The molecule has 2 aliphatic rings. The third-order valence-corrected chi connectivity index (χ3v) is 5.45. The summed E-state index contributed by atoms with van der Waals surface area (Å²) >= 11 is 0. The summed E-state index contributed by atoms with van der Waals surface area (Å²) in [6, 6.07) is 2.19. The van der Waals surface area contributed by atoms with E-state index in [2.05, 4.69) is 42.9 Å². The molecule has 1 N–H and O–H groups in total. The van der Waals surface area contributed by atoms with Crippen molar-refractivity contribution < 1.29 is 0 Å². The molecular formula is C16H33N3. The third-order valence-electron chi connectivity index (χ3n) is 5.45. The Morgan fingerprint density at radius 2 is 2.05 bits per heavy atom. The van der Waals surface area contributed by atoms with Crippen molar-refractivity contribution in [2.45, 2.75) is 64.6 Å². The van der Waals surface area contributed by atoms with Gasteiger partial charge in [0.2, 0.25) is 0 Å². The highest BCUT2D eigenvalue weighted by Gasteiger charge is 2.34. The second-order valence-corrected chi connectivity index (χ2v) is 6.73. The van der Waals surface area contributed by atoms with E-state index in [0.29, 0.717) is 12.1 Å². The molecule has 0 aromatic heterocycles. The van der Waals surface area contributed by atoms with E-state index in [1.165, 1.54) is 51.9 Å². The van der Waals surface area contributed by atoms with E-state index in [0.717, 1.165) is 12.0 Å². The molecule has 0 bridgehead atoms. The van der Waals surface area contributed by atoms with Crippen molar-refractivity contribution in [1.82, 2.24) is 15.1 Å². The molecule has 0 aromatic carbocycles. The molecule has 2 rings (SSSR count). The van der Waals surface area contributed by atoms with Gasteiger partial charge in [-0.05, 0) is 39.3 Å². The Bertz CT molecular complexity index is 269. The summed E-state index contributed by atoms with van der Waals surface area (Å²) in [5, 5.41) is 3.54. The SMILES string of the molecule is CCC(C)C(CN1CC2CCCCN2CC1C)NC. The Hall–Kier alpha value is -0.120. The van der Waals surface area contributed by atoms with E-state index < -0.39 is 0 Å². The Labute approximate surface area is 119 Å². The van der Waals surface area contributed by atoms with Crippen LogP contribution >= 0.6 is 0 Å². The van der Waals surface area contributed by atoms with E-state index >= 15 is 0 Å². The number of nitrogens with one attached hydrogen (secondary N) is 1. The predicted octanol–water partition coefficient (Wildman–Crippen LogP) is 2.18. The number of nitrogens with zero attached hydrogens (tertiary/aromatic N) is 2. The van der Waals surface area contributed by atoms with Crippen LogP contribution in [0.25, 0.3) is 0 Å². The van der Waals surface area contributed by atoms with Crippen molar-refractivity contribution in [3.8, 4) is 0 Å². The fourth-order valence-electron chi connectivity index (χ4n) is 3.76. The molecule has 2 heterocycles. The molecule has 2 saturated heterocycles. The van der Waals surface area contributed by atoms with Gasteiger partial charge in [-0.2, -0.15) is 0 Å². The van der Waals surface area contributed by atoms with Gasteiger partial charge in [0.05, 0.1) is 0 Å². The zero-order valence-electron chi connectivity index (χ0n) is 13.4. The molecule has 0 aliphatic carbocycles. The maximum atomic E-state index is 3.54. The third kappa shape index (κ3) is 3.71. The summed E-state index contributed by atoms with van der Waals surface area (Å²) in [6.45, 7) is 12.2. The lowest BCUT2D eigenvalue weighted by molar-refractivity contribution is 0.00818. The minimum absolute atomic E-state index is 0.641. The van der Waals surface area contributed by atoms with Crippen molar-refractivity contribution in [3.05, 3.63) is 0 Å². The van der Waals surface area contributed by atoms with Crippen LogP contribution in [0.15, 0.2) is 0 Å².